The van der Waals surface area contributed by atoms with Crippen molar-refractivity contribution in [3.05, 3.63) is 42.0 Å². The number of rotatable bonds is 4. The van der Waals surface area contributed by atoms with Gasteiger partial charge >= 0.3 is 0 Å². The molecule has 2 rings (SSSR count). The Morgan fingerprint density at radius 3 is 2.80 bits per heavy atom. The lowest BCUT2D eigenvalue weighted by Gasteiger charge is -2.16. The zero-order valence-corrected chi connectivity index (χ0v) is 9.98. The van der Waals surface area contributed by atoms with Crippen LogP contribution in [0.15, 0.2) is 35.7 Å². The van der Waals surface area contributed by atoms with E-state index in [1.54, 1.807) is 11.1 Å². The van der Waals surface area contributed by atoms with Crippen LogP contribution >= 0.6 is 11.8 Å². The fourth-order valence-electron chi connectivity index (χ4n) is 2.06. The summed E-state index contributed by atoms with van der Waals surface area (Å²) in [5, 5.41) is 0. The first-order valence-corrected chi connectivity index (χ1v) is 6.74. The van der Waals surface area contributed by atoms with Gasteiger partial charge in [0.25, 0.3) is 0 Å². The van der Waals surface area contributed by atoms with E-state index in [0.717, 1.165) is 12.2 Å². The maximum Gasteiger partial charge on any atom is 0.00749 e. The molecular weight excluding hydrogens is 200 g/mol. The van der Waals surface area contributed by atoms with Gasteiger partial charge < -0.3 is 0 Å². The maximum absolute atomic E-state index is 3.75. The fourth-order valence-corrected chi connectivity index (χ4v) is 2.97. The fraction of sp³-hybridized carbons (Fsp3) is 0.429. The number of fused-ring (bicyclic) bond motifs is 1. The highest BCUT2D eigenvalue weighted by Crippen LogP contribution is 2.27. The van der Waals surface area contributed by atoms with Gasteiger partial charge in [-0.1, -0.05) is 12.1 Å². The summed E-state index contributed by atoms with van der Waals surface area (Å²) >= 11 is 1.95. The Balaban J connectivity index is 2.03. The van der Waals surface area contributed by atoms with Gasteiger partial charge in [0, 0.05) is 10.6 Å². The third-order valence-electron chi connectivity index (χ3n) is 2.91. The van der Waals surface area contributed by atoms with Crippen molar-refractivity contribution in [2.45, 2.75) is 37.0 Å². The van der Waals surface area contributed by atoms with E-state index in [1.165, 1.54) is 30.6 Å². The predicted molar refractivity (Wildman–Crippen MR) is 68.6 cm³/mol. The van der Waals surface area contributed by atoms with Crippen LogP contribution in [-0.4, -0.2) is 5.75 Å². The second-order valence-corrected chi connectivity index (χ2v) is 5.23. The Kier molecular flexibility index (Phi) is 3.90. The van der Waals surface area contributed by atoms with Crippen LogP contribution in [0.25, 0.3) is 0 Å². The van der Waals surface area contributed by atoms with Crippen molar-refractivity contribution >= 4 is 11.8 Å². The van der Waals surface area contributed by atoms with Crippen molar-refractivity contribution in [1.29, 1.82) is 0 Å². The van der Waals surface area contributed by atoms with Gasteiger partial charge in [-0.2, -0.15) is 0 Å². The molecule has 1 heteroatoms. The topological polar surface area (TPSA) is 0 Å². The molecular formula is C14H18S. The molecule has 1 aliphatic rings. The first kappa shape index (κ1) is 10.8. The van der Waals surface area contributed by atoms with Crippen LogP contribution in [0, 0.1) is 0 Å². The van der Waals surface area contributed by atoms with Gasteiger partial charge in [0.15, 0.2) is 0 Å². The van der Waals surface area contributed by atoms with E-state index >= 15 is 0 Å². The highest BCUT2D eigenvalue weighted by Gasteiger charge is 2.09. The summed E-state index contributed by atoms with van der Waals surface area (Å²) in [5.74, 6) is 1.16. The van der Waals surface area contributed by atoms with Crippen LogP contribution in [0.1, 0.15) is 30.4 Å². The number of allylic oxidation sites excluding steroid dienone is 1. The molecule has 0 amide bonds. The molecule has 0 heterocycles. The number of aryl methyl sites for hydroxylation is 2. The highest BCUT2D eigenvalue weighted by atomic mass is 32.2. The Labute approximate surface area is 96.8 Å². The minimum Gasteiger partial charge on any atom is -0.126 e. The van der Waals surface area contributed by atoms with E-state index in [0.29, 0.717) is 0 Å². The van der Waals surface area contributed by atoms with Gasteiger partial charge in [0.1, 0.15) is 0 Å². The van der Waals surface area contributed by atoms with Gasteiger partial charge in [0.2, 0.25) is 0 Å². The molecule has 0 aromatic heterocycles. The molecule has 0 saturated carbocycles. The Bertz CT molecular complexity index is 341. The molecule has 1 aromatic carbocycles. The zero-order valence-electron chi connectivity index (χ0n) is 9.17. The SMILES string of the molecule is C=CCCSc1ccc2c(c1)CCCC2. The summed E-state index contributed by atoms with van der Waals surface area (Å²) < 4.78 is 0. The lowest BCUT2D eigenvalue weighted by molar-refractivity contribution is 0.683. The largest absolute Gasteiger partial charge is 0.126 e. The molecule has 0 saturated heterocycles. The monoisotopic (exact) mass is 218 g/mol. The Morgan fingerprint density at radius 1 is 1.20 bits per heavy atom. The lowest BCUT2D eigenvalue weighted by Crippen LogP contribution is -2.02. The summed E-state index contributed by atoms with van der Waals surface area (Å²) in [6.07, 6.45) is 8.40. The van der Waals surface area contributed by atoms with E-state index in [9.17, 15) is 0 Å². The lowest BCUT2D eigenvalue weighted by atomic mass is 9.92. The molecule has 80 valence electrons. The van der Waals surface area contributed by atoms with E-state index in [1.807, 2.05) is 17.8 Å². The van der Waals surface area contributed by atoms with Crippen molar-refractivity contribution in [2.24, 2.45) is 0 Å². The van der Waals surface area contributed by atoms with Crippen LogP contribution in [0.2, 0.25) is 0 Å². The van der Waals surface area contributed by atoms with Crippen molar-refractivity contribution in [2.75, 3.05) is 5.75 Å². The molecule has 0 unspecified atom stereocenters. The Hall–Kier alpha value is -0.690. The molecule has 1 aliphatic carbocycles. The van der Waals surface area contributed by atoms with Crippen LogP contribution < -0.4 is 0 Å². The molecule has 0 nitrogen and oxygen atoms in total. The van der Waals surface area contributed by atoms with E-state index in [4.69, 9.17) is 0 Å². The average molecular weight is 218 g/mol. The second kappa shape index (κ2) is 5.41. The molecule has 0 bridgehead atoms. The van der Waals surface area contributed by atoms with Gasteiger partial charge in [-0.25, -0.2) is 0 Å². The van der Waals surface area contributed by atoms with Crippen molar-refractivity contribution in [3.8, 4) is 0 Å². The first-order chi connectivity index (χ1) is 7.40. The van der Waals surface area contributed by atoms with Gasteiger partial charge in [0.05, 0.1) is 0 Å². The molecule has 15 heavy (non-hydrogen) atoms. The smallest absolute Gasteiger partial charge is 0.00749 e. The van der Waals surface area contributed by atoms with Gasteiger partial charge in [-0.15, -0.1) is 18.3 Å². The summed E-state index contributed by atoms with van der Waals surface area (Å²) in [4.78, 5) is 1.43. The predicted octanol–water partition coefficient (Wildman–Crippen LogP) is 4.23. The number of hydrogen-bond acceptors (Lipinski definition) is 1. The highest BCUT2D eigenvalue weighted by molar-refractivity contribution is 7.99. The summed E-state index contributed by atoms with van der Waals surface area (Å²) in [7, 11) is 0. The molecule has 0 N–H and O–H groups in total. The minimum atomic E-state index is 1.10. The van der Waals surface area contributed by atoms with Crippen molar-refractivity contribution < 1.29 is 0 Å². The summed E-state index contributed by atoms with van der Waals surface area (Å²) in [6, 6.07) is 6.99. The first-order valence-electron chi connectivity index (χ1n) is 5.75. The van der Waals surface area contributed by atoms with Crippen LogP contribution in [-0.2, 0) is 12.8 Å². The van der Waals surface area contributed by atoms with Crippen LogP contribution in [0.4, 0.5) is 0 Å². The molecule has 0 fully saturated rings. The average Bonchev–Trinajstić information content (AvgIpc) is 2.29. The van der Waals surface area contributed by atoms with Crippen LogP contribution in [0.3, 0.4) is 0 Å². The van der Waals surface area contributed by atoms with E-state index < -0.39 is 0 Å². The summed E-state index contributed by atoms with van der Waals surface area (Å²) in [5.41, 5.74) is 3.17. The molecule has 1 aromatic rings. The number of thioether (sulfide) groups is 1. The minimum absolute atomic E-state index is 1.10. The standard InChI is InChI=1S/C14H18S/c1-2-3-10-15-14-9-8-12-6-4-5-7-13(12)11-14/h2,8-9,11H,1,3-7,10H2. The van der Waals surface area contributed by atoms with E-state index in [-0.39, 0.29) is 0 Å². The number of hydrogen-bond donors (Lipinski definition) is 0. The molecule has 0 radical (unpaired) electrons. The molecule has 0 spiro atoms. The van der Waals surface area contributed by atoms with Gasteiger partial charge in [-0.05, 0) is 55.4 Å². The summed E-state index contributed by atoms with van der Waals surface area (Å²) in [6.45, 7) is 3.75. The third-order valence-corrected chi connectivity index (χ3v) is 3.94. The molecule has 0 atom stereocenters. The van der Waals surface area contributed by atoms with Gasteiger partial charge in [-0.3, -0.25) is 0 Å². The Morgan fingerprint density at radius 2 is 2.00 bits per heavy atom. The molecule has 0 aliphatic heterocycles. The number of benzene rings is 1. The van der Waals surface area contributed by atoms with Crippen LogP contribution in [0.5, 0.6) is 0 Å². The zero-order chi connectivity index (χ0) is 10.5. The van der Waals surface area contributed by atoms with E-state index in [2.05, 4.69) is 24.8 Å². The van der Waals surface area contributed by atoms with Crippen molar-refractivity contribution in [3.63, 3.8) is 0 Å². The third kappa shape index (κ3) is 2.88. The normalized spacial score (nSPS) is 14.7. The van der Waals surface area contributed by atoms with Crippen molar-refractivity contribution in [1.82, 2.24) is 0 Å². The maximum atomic E-state index is 3.75. The second-order valence-electron chi connectivity index (χ2n) is 4.06. The quantitative estimate of drug-likeness (QED) is 0.414.